The van der Waals surface area contributed by atoms with Crippen molar-refractivity contribution < 1.29 is 14.3 Å². The van der Waals surface area contributed by atoms with Crippen molar-refractivity contribution in [1.29, 1.82) is 0 Å². The zero-order chi connectivity index (χ0) is 20.1. The summed E-state index contributed by atoms with van der Waals surface area (Å²) in [5.74, 6) is 0.640. The van der Waals surface area contributed by atoms with Gasteiger partial charge in [0.2, 0.25) is 0 Å². The molecular weight excluding hydrogens is 378 g/mol. The molecule has 0 unspecified atom stereocenters. The average Bonchev–Trinajstić information content (AvgIpc) is 3.12. The molecule has 1 aromatic heterocycles. The van der Waals surface area contributed by atoms with Gasteiger partial charge in [-0.2, -0.15) is 5.10 Å². The minimum atomic E-state index is -0.265. The Labute approximate surface area is 169 Å². The maximum atomic E-state index is 12.9. The number of aromatic nitrogens is 2. The van der Waals surface area contributed by atoms with E-state index in [-0.39, 0.29) is 5.91 Å². The summed E-state index contributed by atoms with van der Waals surface area (Å²) in [5, 5.41) is 7.69. The van der Waals surface area contributed by atoms with Gasteiger partial charge in [-0.15, -0.1) is 0 Å². The van der Waals surface area contributed by atoms with E-state index >= 15 is 0 Å². The Morgan fingerprint density at radius 3 is 2.50 bits per heavy atom. The summed E-state index contributed by atoms with van der Waals surface area (Å²) >= 11 is 6.13. The Balaban J connectivity index is 1.87. The molecule has 0 aliphatic rings. The van der Waals surface area contributed by atoms with Crippen LogP contribution in [0.25, 0.3) is 0 Å². The third-order valence-electron chi connectivity index (χ3n) is 4.43. The topological polar surface area (TPSA) is 65.4 Å². The van der Waals surface area contributed by atoms with Crippen molar-refractivity contribution in [2.24, 2.45) is 0 Å². The van der Waals surface area contributed by atoms with Crippen LogP contribution < -0.4 is 14.8 Å². The standard InChI is InChI=1S/C21H22ClN3O3/c1-4-18-15(12-23-25(18)13-14-8-6-5-7-9-14)21(26)24-17-11-19(27-2)16(22)10-20(17)28-3/h5-12H,4,13H2,1-3H3,(H,24,26). The highest BCUT2D eigenvalue weighted by Crippen LogP contribution is 2.36. The highest BCUT2D eigenvalue weighted by atomic mass is 35.5. The van der Waals surface area contributed by atoms with Crippen molar-refractivity contribution in [3.8, 4) is 11.5 Å². The van der Waals surface area contributed by atoms with Gasteiger partial charge >= 0.3 is 0 Å². The van der Waals surface area contributed by atoms with Crippen LogP contribution in [0, 0.1) is 0 Å². The quantitative estimate of drug-likeness (QED) is 0.638. The van der Waals surface area contributed by atoms with Gasteiger partial charge in [0.15, 0.2) is 0 Å². The van der Waals surface area contributed by atoms with Gasteiger partial charge in [0.05, 0.1) is 48.9 Å². The molecule has 146 valence electrons. The first-order chi connectivity index (χ1) is 13.6. The van der Waals surface area contributed by atoms with E-state index in [9.17, 15) is 4.79 Å². The maximum absolute atomic E-state index is 12.9. The number of hydrogen-bond donors (Lipinski definition) is 1. The molecule has 28 heavy (non-hydrogen) atoms. The van der Waals surface area contributed by atoms with E-state index < -0.39 is 0 Å². The molecule has 0 aliphatic carbocycles. The van der Waals surface area contributed by atoms with Crippen molar-refractivity contribution in [1.82, 2.24) is 9.78 Å². The second-order valence-corrected chi connectivity index (χ2v) is 6.55. The number of amides is 1. The van der Waals surface area contributed by atoms with Crippen molar-refractivity contribution in [3.05, 3.63) is 70.5 Å². The van der Waals surface area contributed by atoms with Gasteiger partial charge in [0, 0.05) is 12.1 Å². The van der Waals surface area contributed by atoms with Crippen molar-refractivity contribution in [2.45, 2.75) is 19.9 Å². The number of rotatable bonds is 7. The smallest absolute Gasteiger partial charge is 0.259 e. The van der Waals surface area contributed by atoms with Gasteiger partial charge < -0.3 is 14.8 Å². The van der Waals surface area contributed by atoms with Crippen LogP contribution >= 0.6 is 11.6 Å². The summed E-state index contributed by atoms with van der Waals surface area (Å²) in [6.07, 6.45) is 2.27. The van der Waals surface area contributed by atoms with Gasteiger partial charge in [-0.1, -0.05) is 48.9 Å². The van der Waals surface area contributed by atoms with Gasteiger partial charge in [-0.05, 0) is 12.0 Å². The van der Waals surface area contributed by atoms with E-state index in [0.717, 1.165) is 11.3 Å². The monoisotopic (exact) mass is 399 g/mol. The summed E-state index contributed by atoms with van der Waals surface area (Å²) in [7, 11) is 3.03. The van der Waals surface area contributed by atoms with Crippen LogP contribution in [0.15, 0.2) is 48.7 Å². The molecule has 0 fully saturated rings. The first kappa shape index (κ1) is 19.8. The summed E-state index contributed by atoms with van der Waals surface area (Å²) < 4.78 is 12.4. The predicted octanol–water partition coefficient (Wildman–Crippen LogP) is 4.42. The largest absolute Gasteiger partial charge is 0.495 e. The number of carbonyl (C=O) groups is 1. The molecule has 3 aromatic rings. The maximum Gasteiger partial charge on any atom is 0.259 e. The SMILES string of the molecule is CCc1c(C(=O)Nc2cc(OC)c(Cl)cc2OC)cnn1Cc1ccccc1. The Hall–Kier alpha value is -2.99. The number of carbonyl (C=O) groups excluding carboxylic acids is 1. The molecule has 0 saturated carbocycles. The number of anilines is 1. The third kappa shape index (κ3) is 4.12. The second-order valence-electron chi connectivity index (χ2n) is 6.14. The minimum Gasteiger partial charge on any atom is -0.495 e. The van der Waals surface area contributed by atoms with Crippen LogP contribution in [0.5, 0.6) is 11.5 Å². The molecule has 0 spiro atoms. The third-order valence-corrected chi connectivity index (χ3v) is 4.72. The summed E-state index contributed by atoms with van der Waals surface area (Å²) in [5.41, 5.74) is 2.98. The molecule has 2 aromatic carbocycles. The number of ether oxygens (including phenoxy) is 2. The van der Waals surface area contributed by atoms with E-state index in [0.29, 0.717) is 40.7 Å². The molecule has 1 heterocycles. The molecular formula is C21H22ClN3O3. The molecule has 0 aliphatic heterocycles. The van der Waals surface area contributed by atoms with Gasteiger partial charge in [-0.25, -0.2) is 0 Å². The zero-order valence-electron chi connectivity index (χ0n) is 16.0. The normalized spacial score (nSPS) is 10.6. The van der Waals surface area contributed by atoms with E-state index in [1.165, 1.54) is 14.2 Å². The summed E-state index contributed by atoms with van der Waals surface area (Å²) in [4.78, 5) is 12.9. The molecule has 0 atom stereocenters. The Bertz CT molecular complexity index is 971. The van der Waals surface area contributed by atoms with Gasteiger partial charge in [0.25, 0.3) is 5.91 Å². The van der Waals surface area contributed by atoms with Crippen LogP contribution in [0.1, 0.15) is 28.5 Å². The van der Waals surface area contributed by atoms with Crippen LogP contribution in [0.2, 0.25) is 5.02 Å². The number of hydrogen-bond acceptors (Lipinski definition) is 4. The van der Waals surface area contributed by atoms with Gasteiger partial charge in [-0.3, -0.25) is 9.48 Å². The summed E-state index contributed by atoms with van der Waals surface area (Å²) in [6.45, 7) is 2.61. The van der Waals surface area contributed by atoms with Crippen molar-refractivity contribution >= 4 is 23.2 Å². The highest BCUT2D eigenvalue weighted by Gasteiger charge is 2.19. The summed E-state index contributed by atoms with van der Waals surface area (Å²) in [6, 6.07) is 13.3. The average molecular weight is 400 g/mol. The lowest BCUT2D eigenvalue weighted by atomic mass is 10.1. The second kappa shape index (κ2) is 8.80. The van der Waals surface area contributed by atoms with E-state index in [1.54, 1.807) is 18.3 Å². The predicted molar refractivity (Wildman–Crippen MR) is 110 cm³/mol. The van der Waals surface area contributed by atoms with E-state index in [1.807, 2.05) is 41.9 Å². The minimum absolute atomic E-state index is 0.265. The lowest BCUT2D eigenvalue weighted by Crippen LogP contribution is -2.15. The van der Waals surface area contributed by atoms with E-state index in [2.05, 4.69) is 10.4 Å². The Morgan fingerprint density at radius 1 is 1.14 bits per heavy atom. The fraction of sp³-hybridized carbons (Fsp3) is 0.238. The van der Waals surface area contributed by atoms with Crippen LogP contribution in [-0.2, 0) is 13.0 Å². The molecule has 0 saturated heterocycles. The highest BCUT2D eigenvalue weighted by molar-refractivity contribution is 6.32. The molecule has 6 nitrogen and oxygen atoms in total. The first-order valence-electron chi connectivity index (χ1n) is 8.88. The first-order valence-corrected chi connectivity index (χ1v) is 9.26. The van der Waals surface area contributed by atoms with Crippen LogP contribution in [0.4, 0.5) is 5.69 Å². The number of halogens is 1. The fourth-order valence-electron chi connectivity index (χ4n) is 3.01. The number of methoxy groups -OCH3 is 2. The Morgan fingerprint density at radius 2 is 1.86 bits per heavy atom. The number of nitrogens with one attached hydrogen (secondary N) is 1. The molecule has 1 amide bonds. The fourth-order valence-corrected chi connectivity index (χ4v) is 3.24. The van der Waals surface area contributed by atoms with Crippen molar-refractivity contribution in [2.75, 3.05) is 19.5 Å². The van der Waals surface area contributed by atoms with Crippen molar-refractivity contribution in [3.63, 3.8) is 0 Å². The van der Waals surface area contributed by atoms with Gasteiger partial charge in [0.1, 0.15) is 11.5 Å². The van der Waals surface area contributed by atoms with E-state index in [4.69, 9.17) is 21.1 Å². The zero-order valence-corrected chi connectivity index (χ0v) is 16.8. The Kier molecular flexibility index (Phi) is 6.21. The number of benzene rings is 2. The molecule has 0 bridgehead atoms. The molecule has 3 rings (SSSR count). The lowest BCUT2D eigenvalue weighted by Gasteiger charge is -2.13. The van der Waals surface area contributed by atoms with Crippen LogP contribution in [-0.4, -0.2) is 29.9 Å². The molecule has 0 radical (unpaired) electrons. The molecule has 7 heteroatoms. The number of nitrogens with zero attached hydrogens (tertiary/aromatic N) is 2. The molecule has 1 N–H and O–H groups in total. The lowest BCUT2D eigenvalue weighted by molar-refractivity contribution is 0.102. The van der Waals surface area contributed by atoms with Crippen LogP contribution in [0.3, 0.4) is 0 Å².